The molecule has 0 rings (SSSR count). The number of carboxylic acid groups (broad SMARTS) is 1. The van der Waals surface area contributed by atoms with Crippen LogP contribution in [0, 0.1) is 0 Å². The molecule has 15 heavy (non-hydrogen) atoms. The zero-order chi connectivity index (χ0) is 12.7. The second-order valence-corrected chi connectivity index (χ2v) is 2.41. The molecule has 1 atom stereocenters. The SMILES string of the molecule is O=C(O)C(F)C(F)(C(F)(F)F)C(F)(F)F. The molecule has 10 heteroatoms. The van der Waals surface area contributed by atoms with Crippen LogP contribution in [0.2, 0.25) is 0 Å². The summed E-state index contributed by atoms with van der Waals surface area (Å²) in [6, 6.07) is 0. The van der Waals surface area contributed by atoms with Gasteiger partial charge in [-0.05, 0) is 0 Å². The lowest BCUT2D eigenvalue weighted by atomic mass is 9.98. The van der Waals surface area contributed by atoms with E-state index in [9.17, 15) is 39.9 Å². The van der Waals surface area contributed by atoms with Crippen LogP contribution in [0.25, 0.3) is 0 Å². The van der Waals surface area contributed by atoms with Crippen molar-refractivity contribution in [2.24, 2.45) is 0 Å². The average Bonchev–Trinajstić information content (AvgIpc) is 1.96. The van der Waals surface area contributed by atoms with Gasteiger partial charge in [-0.25, -0.2) is 13.6 Å². The van der Waals surface area contributed by atoms with Crippen LogP contribution in [0.15, 0.2) is 0 Å². The van der Waals surface area contributed by atoms with E-state index in [2.05, 4.69) is 0 Å². The standard InChI is InChI=1S/C5H2F8O2/c6-1(2(14)15)3(7,4(8,9)10)5(11,12)13/h1H,(H,14,15). The minimum atomic E-state index is -6.71. The fourth-order valence-electron chi connectivity index (χ4n) is 0.618. The number of hydrogen-bond donors (Lipinski definition) is 1. The number of aliphatic carboxylic acids is 1. The van der Waals surface area contributed by atoms with Crippen LogP contribution in [0.3, 0.4) is 0 Å². The number of alkyl halides is 8. The maximum Gasteiger partial charge on any atom is 0.435 e. The molecule has 0 aliphatic rings. The van der Waals surface area contributed by atoms with Crippen molar-refractivity contribution in [1.82, 2.24) is 0 Å². The molecule has 0 saturated heterocycles. The molecule has 0 aliphatic heterocycles. The molecule has 2 nitrogen and oxygen atoms in total. The molecule has 90 valence electrons. The number of hydrogen-bond acceptors (Lipinski definition) is 1. The molecule has 1 N–H and O–H groups in total. The van der Waals surface area contributed by atoms with Gasteiger partial charge in [0, 0.05) is 0 Å². The third-order valence-corrected chi connectivity index (χ3v) is 1.39. The first kappa shape index (κ1) is 13.9. The lowest BCUT2D eigenvalue weighted by Gasteiger charge is -2.30. The van der Waals surface area contributed by atoms with Crippen LogP contribution in [-0.4, -0.2) is 35.3 Å². The molecule has 1 unspecified atom stereocenters. The second kappa shape index (κ2) is 3.49. The minimum absolute atomic E-state index is 3.19. The van der Waals surface area contributed by atoms with Gasteiger partial charge < -0.3 is 5.11 Å². The first-order valence-corrected chi connectivity index (χ1v) is 3.05. The molecule has 0 aromatic carbocycles. The van der Waals surface area contributed by atoms with E-state index in [4.69, 9.17) is 5.11 Å². The van der Waals surface area contributed by atoms with Crippen LogP contribution in [0.5, 0.6) is 0 Å². The average molecular weight is 246 g/mol. The van der Waals surface area contributed by atoms with Crippen molar-refractivity contribution >= 4 is 5.97 Å². The van der Waals surface area contributed by atoms with E-state index in [-0.39, 0.29) is 0 Å². The van der Waals surface area contributed by atoms with Gasteiger partial charge in [0.25, 0.3) is 0 Å². The third kappa shape index (κ3) is 2.12. The smallest absolute Gasteiger partial charge is 0.435 e. The predicted molar refractivity (Wildman–Crippen MR) is 28.5 cm³/mol. The van der Waals surface area contributed by atoms with Crippen molar-refractivity contribution < 1.29 is 45.0 Å². The van der Waals surface area contributed by atoms with Gasteiger partial charge in [-0.15, -0.1) is 0 Å². The van der Waals surface area contributed by atoms with E-state index >= 15 is 0 Å². The summed E-state index contributed by atoms with van der Waals surface area (Å²) >= 11 is 0. The molecule has 0 aromatic rings. The fraction of sp³-hybridized carbons (Fsp3) is 0.800. The van der Waals surface area contributed by atoms with Gasteiger partial charge in [-0.2, -0.15) is 26.3 Å². The highest BCUT2D eigenvalue weighted by molar-refractivity contribution is 5.74. The summed E-state index contributed by atoms with van der Waals surface area (Å²) in [7, 11) is 0. The fourth-order valence-corrected chi connectivity index (χ4v) is 0.618. The van der Waals surface area contributed by atoms with E-state index in [0.717, 1.165) is 0 Å². The van der Waals surface area contributed by atoms with Crippen LogP contribution >= 0.6 is 0 Å². The summed E-state index contributed by atoms with van der Waals surface area (Å²) < 4.78 is 94.3. The maximum absolute atomic E-state index is 12.4. The zero-order valence-corrected chi connectivity index (χ0v) is 6.46. The van der Waals surface area contributed by atoms with Crippen LogP contribution in [0.4, 0.5) is 35.1 Å². The Kier molecular flexibility index (Phi) is 3.24. The number of halogens is 8. The van der Waals surface area contributed by atoms with Gasteiger partial charge >= 0.3 is 24.0 Å². The van der Waals surface area contributed by atoms with Crippen molar-refractivity contribution in [3.05, 3.63) is 0 Å². The van der Waals surface area contributed by atoms with E-state index < -0.39 is 30.2 Å². The Balaban J connectivity index is 5.53. The van der Waals surface area contributed by atoms with E-state index in [0.29, 0.717) is 0 Å². The lowest BCUT2D eigenvalue weighted by Crippen LogP contribution is -2.61. The molecule has 0 saturated carbocycles. The summed E-state index contributed by atoms with van der Waals surface area (Å²) in [5.41, 5.74) is -6.41. The van der Waals surface area contributed by atoms with Crippen LogP contribution in [-0.2, 0) is 4.79 Å². The Labute approximate surface area is 76.5 Å². The summed E-state index contributed by atoms with van der Waals surface area (Å²) in [5.74, 6) is -3.19. The second-order valence-electron chi connectivity index (χ2n) is 2.41. The minimum Gasteiger partial charge on any atom is -0.479 e. The molecule has 0 amide bonds. The summed E-state index contributed by atoms with van der Waals surface area (Å²) in [4.78, 5) is 9.62. The molecular weight excluding hydrogens is 244 g/mol. The summed E-state index contributed by atoms with van der Waals surface area (Å²) in [6.07, 6.45) is -18.2. The lowest BCUT2D eigenvalue weighted by molar-refractivity contribution is -0.355. The summed E-state index contributed by atoms with van der Waals surface area (Å²) in [6.45, 7) is 0. The van der Waals surface area contributed by atoms with Crippen molar-refractivity contribution in [3.8, 4) is 0 Å². The Morgan fingerprint density at radius 1 is 0.933 bits per heavy atom. The van der Waals surface area contributed by atoms with E-state index in [1.165, 1.54) is 0 Å². The van der Waals surface area contributed by atoms with Gasteiger partial charge in [-0.1, -0.05) is 0 Å². The van der Waals surface area contributed by atoms with Gasteiger partial charge in [0.05, 0.1) is 0 Å². The van der Waals surface area contributed by atoms with E-state index in [1.54, 1.807) is 0 Å². The highest BCUT2D eigenvalue weighted by Crippen LogP contribution is 2.49. The first-order valence-electron chi connectivity index (χ1n) is 3.05. The van der Waals surface area contributed by atoms with Gasteiger partial charge in [0.15, 0.2) is 0 Å². The highest BCUT2D eigenvalue weighted by Gasteiger charge is 2.78. The topological polar surface area (TPSA) is 37.3 Å². The Morgan fingerprint density at radius 2 is 1.20 bits per heavy atom. The van der Waals surface area contributed by atoms with Gasteiger partial charge in [0.2, 0.25) is 6.17 Å². The molecular formula is C5H2F8O2. The normalized spacial score (nSPS) is 16.3. The van der Waals surface area contributed by atoms with Crippen molar-refractivity contribution in [2.75, 3.05) is 0 Å². The molecule has 0 aliphatic carbocycles. The molecule has 0 fully saturated rings. The van der Waals surface area contributed by atoms with Crippen molar-refractivity contribution in [1.29, 1.82) is 0 Å². The summed E-state index contributed by atoms with van der Waals surface area (Å²) in [5, 5.41) is 7.63. The largest absolute Gasteiger partial charge is 0.479 e. The van der Waals surface area contributed by atoms with Crippen LogP contribution in [0.1, 0.15) is 0 Å². The Morgan fingerprint density at radius 3 is 1.27 bits per heavy atom. The number of carbonyl (C=O) groups is 1. The molecule has 0 bridgehead atoms. The number of rotatable bonds is 2. The monoisotopic (exact) mass is 246 g/mol. The molecule has 0 spiro atoms. The number of carboxylic acids is 1. The first-order chi connectivity index (χ1) is 6.35. The predicted octanol–water partition coefficient (Wildman–Crippen LogP) is 2.24. The molecule has 0 aromatic heterocycles. The Bertz CT molecular complexity index is 239. The van der Waals surface area contributed by atoms with Crippen molar-refractivity contribution in [2.45, 2.75) is 24.2 Å². The molecule has 0 heterocycles. The third-order valence-electron chi connectivity index (χ3n) is 1.39. The zero-order valence-electron chi connectivity index (χ0n) is 6.46. The van der Waals surface area contributed by atoms with Gasteiger partial charge in [0.1, 0.15) is 0 Å². The maximum atomic E-state index is 12.4. The van der Waals surface area contributed by atoms with E-state index in [1.807, 2.05) is 0 Å². The quantitative estimate of drug-likeness (QED) is 0.758. The van der Waals surface area contributed by atoms with Gasteiger partial charge in [-0.3, -0.25) is 0 Å². The highest BCUT2D eigenvalue weighted by atomic mass is 19.4. The Hall–Kier alpha value is -1.09. The van der Waals surface area contributed by atoms with Crippen LogP contribution < -0.4 is 0 Å². The van der Waals surface area contributed by atoms with Crippen molar-refractivity contribution in [3.63, 3.8) is 0 Å². The molecule has 0 radical (unpaired) electrons.